The minimum Gasteiger partial charge on any atom is -0.397 e. The molecule has 0 saturated heterocycles. The molecule has 0 radical (unpaired) electrons. The quantitative estimate of drug-likeness (QED) is 0.724. The third kappa shape index (κ3) is 5.56. The number of nitrogens with one attached hydrogen (secondary N) is 1. The highest BCUT2D eigenvalue weighted by Gasteiger charge is 2.24. The third-order valence-corrected chi connectivity index (χ3v) is 4.03. The van der Waals surface area contributed by atoms with Crippen molar-refractivity contribution in [2.45, 2.75) is 32.6 Å². The largest absolute Gasteiger partial charge is 0.397 e. The first kappa shape index (κ1) is 16.1. The Bertz CT molecular complexity index is 488. The molecule has 0 heterocycles. The van der Waals surface area contributed by atoms with Gasteiger partial charge in [-0.1, -0.05) is 18.5 Å². The Morgan fingerprint density at radius 2 is 2.19 bits per heavy atom. The van der Waals surface area contributed by atoms with Crippen molar-refractivity contribution in [3.63, 3.8) is 0 Å². The van der Waals surface area contributed by atoms with Crippen LogP contribution in [0.15, 0.2) is 18.2 Å². The molecule has 1 aromatic rings. The lowest BCUT2D eigenvalue weighted by Gasteiger charge is -2.21. The highest BCUT2D eigenvalue weighted by Crippen LogP contribution is 2.29. The SMILES string of the molecule is CCCN(CCC(=O)Nc1ccc(Cl)c(N)c1)CC1CC1. The number of anilines is 2. The molecule has 0 spiro atoms. The van der Waals surface area contributed by atoms with Crippen LogP contribution in [0.4, 0.5) is 11.4 Å². The number of halogens is 1. The van der Waals surface area contributed by atoms with Gasteiger partial charge >= 0.3 is 0 Å². The van der Waals surface area contributed by atoms with Crippen molar-refractivity contribution in [1.29, 1.82) is 0 Å². The van der Waals surface area contributed by atoms with E-state index in [-0.39, 0.29) is 5.91 Å². The standard InChI is InChI=1S/C16H24ClN3O/c1-2-8-20(11-12-3-4-12)9-7-16(21)19-13-5-6-14(17)15(18)10-13/h5-6,10,12H,2-4,7-9,11,18H2,1H3,(H,19,21). The van der Waals surface area contributed by atoms with Crippen LogP contribution in [0, 0.1) is 5.92 Å². The van der Waals surface area contributed by atoms with Crippen LogP contribution in [0.2, 0.25) is 5.02 Å². The monoisotopic (exact) mass is 309 g/mol. The van der Waals surface area contributed by atoms with Crippen molar-refractivity contribution in [2.24, 2.45) is 5.92 Å². The predicted octanol–water partition coefficient (Wildman–Crippen LogP) is 3.37. The number of carbonyl (C=O) groups excluding carboxylic acids is 1. The predicted molar refractivity (Wildman–Crippen MR) is 88.6 cm³/mol. The molecule has 1 aliphatic rings. The topological polar surface area (TPSA) is 58.4 Å². The molecule has 1 aromatic carbocycles. The van der Waals surface area contributed by atoms with Crippen LogP contribution in [-0.4, -0.2) is 30.4 Å². The summed E-state index contributed by atoms with van der Waals surface area (Å²) in [7, 11) is 0. The minimum atomic E-state index is 0.0219. The van der Waals surface area contributed by atoms with Gasteiger partial charge in [0.15, 0.2) is 0 Å². The van der Waals surface area contributed by atoms with Gasteiger partial charge in [-0.05, 0) is 49.9 Å². The van der Waals surface area contributed by atoms with E-state index in [2.05, 4.69) is 17.1 Å². The van der Waals surface area contributed by atoms with Gasteiger partial charge in [-0.3, -0.25) is 4.79 Å². The van der Waals surface area contributed by atoms with Gasteiger partial charge in [0.1, 0.15) is 0 Å². The summed E-state index contributed by atoms with van der Waals surface area (Å²) >= 11 is 5.86. The number of hydrogen-bond donors (Lipinski definition) is 2. The minimum absolute atomic E-state index is 0.0219. The van der Waals surface area contributed by atoms with Crippen LogP contribution >= 0.6 is 11.6 Å². The van der Waals surface area contributed by atoms with Crippen LogP contribution in [0.5, 0.6) is 0 Å². The number of carbonyl (C=O) groups is 1. The van der Waals surface area contributed by atoms with Gasteiger partial charge in [-0.2, -0.15) is 0 Å². The van der Waals surface area contributed by atoms with Gasteiger partial charge in [-0.25, -0.2) is 0 Å². The van der Waals surface area contributed by atoms with E-state index in [0.717, 1.165) is 32.0 Å². The van der Waals surface area contributed by atoms with Crippen molar-refractivity contribution in [3.05, 3.63) is 23.2 Å². The number of benzene rings is 1. The highest BCUT2D eigenvalue weighted by molar-refractivity contribution is 6.33. The Kier molecular flexibility index (Phi) is 5.88. The van der Waals surface area contributed by atoms with E-state index < -0.39 is 0 Å². The zero-order valence-corrected chi connectivity index (χ0v) is 13.3. The van der Waals surface area contributed by atoms with Gasteiger partial charge in [0, 0.05) is 25.2 Å². The second-order valence-electron chi connectivity index (χ2n) is 5.78. The lowest BCUT2D eigenvalue weighted by molar-refractivity contribution is -0.116. The fourth-order valence-electron chi connectivity index (χ4n) is 2.38. The van der Waals surface area contributed by atoms with E-state index in [0.29, 0.717) is 22.8 Å². The molecule has 1 saturated carbocycles. The summed E-state index contributed by atoms with van der Waals surface area (Å²) < 4.78 is 0. The lowest BCUT2D eigenvalue weighted by Crippen LogP contribution is -2.30. The van der Waals surface area contributed by atoms with E-state index in [1.54, 1.807) is 18.2 Å². The Morgan fingerprint density at radius 3 is 2.81 bits per heavy atom. The Hall–Kier alpha value is -1.26. The summed E-state index contributed by atoms with van der Waals surface area (Å²) in [6.45, 7) is 5.20. The van der Waals surface area contributed by atoms with Crippen molar-refractivity contribution in [3.8, 4) is 0 Å². The normalized spacial score (nSPS) is 14.4. The first-order valence-corrected chi connectivity index (χ1v) is 8.03. The molecule has 0 aromatic heterocycles. The van der Waals surface area contributed by atoms with E-state index >= 15 is 0 Å². The number of nitrogen functional groups attached to an aromatic ring is 1. The first-order chi connectivity index (χ1) is 10.1. The molecule has 1 aliphatic carbocycles. The maximum atomic E-state index is 12.0. The number of nitrogens with two attached hydrogens (primary N) is 1. The third-order valence-electron chi connectivity index (χ3n) is 3.69. The summed E-state index contributed by atoms with van der Waals surface area (Å²) in [5, 5.41) is 3.38. The van der Waals surface area contributed by atoms with Crippen molar-refractivity contribution >= 4 is 28.9 Å². The molecule has 1 amide bonds. The maximum Gasteiger partial charge on any atom is 0.225 e. The molecule has 0 unspecified atom stereocenters. The average Bonchev–Trinajstić information content (AvgIpc) is 3.24. The number of rotatable bonds is 8. The second-order valence-corrected chi connectivity index (χ2v) is 6.19. The van der Waals surface area contributed by atoms with Crippen LogP contribution in [0.25, 0.3) is 0 Å². The van der Waals surface area contributed by atoms with Gasteiger partial charge in [-0.15, -0.1) is 0 Å². The average molecular weight is 310 g/mol. The number of nitrogens with zero attached hydrogens (tertiary/aromatic N) is 1. The second kappa shape index (κ2) is 7.66. The Morgan fingerprint density at radius 1 is 1.43 bits per heavy atom. The summed E-state index contributed by atoms with van der Waals surface area (Å²) in [5.74, 6) is 0.879. The van der Waals surface area contributed by atoms with E-state index in [9.17, 15) is 4.79 Å². The summed E-state index contributed by atoms with van der Waals surface area (Å²) in [4.78, 5) is 14.4. The fraction of sp³-hybridized carbons (Fsp3) is 0.562. The van der Waals surface area contributed by atoms with E-state index in [4.69, 9.17) is 17.3 Å². The molecule has 2 rings (SSSR count). The molecule has 5 heteroatoms. The maximum absolute atomic E-state index is 12.0. The smallest absolute Gasteiger partial charge is 0.225 e. The lowest BCUT2D eigenvalue weighted by atomic mass is 10.2. The molecule has 4 nitrogen and oxygen atoms in total. The molecule has 0 atom stereocenters. The first-order valence-electron chi connectivity index (χ1n) is 7.65. The molecular weight excluding hydrogens is 286 g/mol. The van der Waals surface area contributed by atoms with Gasteiger partial charge in [0.2, 0.25) is 5.91 Å². The summed E-state index contributed by atoms with van der Waals surface area (Å²) in [5.41, 5.74) is 6.91. The van der Waals surface area contributed by atoms with Crippen molar-refractivity contribution in [2.75, 3.05) is 30.7 Å². The van der Waals surface area contributed by atoms with Gasteiger partial charge < -0.3 is 16.0 Å². The van der Waals surface area contributed by atoms with Gasteiger partial charge in [0.25, 0.3) is 0 Å². The zero-order chi connectivity index (χ0) is 15.2. The molecular formula is C16H24ClN3O. The highest BCUT2D eigenvalue weighted by atomic mass is 35.5. The summed E-state index contributed by atoms with van der Waals surface area (Å²) in [6.07, 6.45) is 4.32. The molecule has 21 heavy (non-hydrogen) atoms. The van der Waals surface area contributed by atoms with Crippen molar-refractivity contribution < 1.29 is 4.79 Å². The van der Waals surface area contributed by atoms with Crippen LogP contribution in [-0.2, 0) is 4.79 Å². The fourth-order valence-corrected chi connectivity index (χ4v) is 2.50. The zero-order valence-electron chi connectivity index (χ0n) is 12.6. The Balaban J connectivity index is 1.78. The molecule has 3 N–H and O–H groups in total. The molecule has 116 valence electrons. The molecule has 0 bridgehead atoms. The molecule has 0 aliphatic heterocycles. The van der Waals surface area contributed by atoms with Crippen LogP contribution in [0.1, 0.15) is 32.6 Å². The van der Waals surface area contributed by atoms with E-state index in [1.165, 1.54) is 12.8 Å². The summed E-state index contributed by atoms with van der Waals surface area (Å²) in [6, 6.07) is 5.15. The van der Waals surface area contributed by atoms with Crippen LogP contribution in [0.3, 0.4) is 0 Å². The number of hydrogen-bond acceptors (Lipinski definition) is 3. The number of amides is 1. The van der Waals surface area contributed by atoms with Crippen molar-refractivity contribution in [1.82, 2.24) is 4.90 Å². The molecule has 1 fully saturated rings. The van der Waals surface area contributed by atoms with E-state index in [1.807, 2.05) is 0 Å². The van der Waals surface area contributed by atoms with Gasteiger partial charge in [0.05, 0.1) is 10.7 Å². The van der Waals surface area contributed by atoms with Crippen LogP contribution < -0.4 is 11.1 Å². The Labute approximate surface area is 131 Å².